The number of hydrogen-bond donors (Lipinski definition) is 1. The standard InChI is InChI=1S/C14H23NO/c1-4-5-6-7-8-9-10-11-14(16)15-12-13(2)3/h4-7,10-11,13H,8-9,12H2,1-3H3,(H,15,16)/b5-4?,7-6+,11-10?. The van der Waals surface area contributed by atoms with Gasteiger partial charge in [0.25, 0.3) is 0 Å². The Morgan fingerprint density at radius 1 is 1.19 bits per heavy atom. The third-order valence-corrected chi connectivity index (χ3v) is 1.89. The number of carbonyl (C=O) groups excluding carboxylic acids is 1. The molecule has 0 aliphatic heterocycles. The molecule has 1 N–H and O–H groups in total. The van der Waals surface area contributed by atoms with E-state index in [4.69, 9.17) is 0 Å². The van der Waals surface area contributed by atoms with Crippen molar-refractivity contribution >= 4 is 5.91 Å². The summed E-state index contributed by atoms with van der Waals surface area (Å²) in [6.45, 7) is 6.89. The van der Waals surface area contributed by atoms with E-state index in [0.717, 1.165) is 19.4 Å². The Bertz CT molecular complexity index is 262. The third-order valence-electron chi connectivity index (χ3n) is 1.89. The molecular weight excluding hydrogens is 198 g/mol. The fourth-order valence-electron chi connectivity index (χ4n) is 1.03. The number of hydrogen-bond acceptors (Lipinski definition) is 1. The zero-order valence-corrected chi connectivity index (χ0v) is 10.6. The number of amides is 1. The quantitative estimate of drug-likeness (QED) is 0.399. The predicted octanol–water partition coefficient (Wildman–Crippen LogP) is 3.23. The van der Waals surface area contributed by atoms with Crippen molar-refractivity contribution in [3.05, 3.63) is 36.5 Å². The van der Waals surface area contributed by atoms with Crippen LogP contribution in [0.3, 0.4) is 0 Å². The molecule has 0 radical (unpaired) electrons. The summed E-state index contributed by atoms with van der Waals surface area (Å²) in [5, 5.41) is 2.84. The second-order valence-electron chi connectivity index (χ2n) is 4.07. The van der Waals surface area contributed by atoms with E-state index in [1.807, 2.05) is 31.2 Å². The van der Waals surface area contributed by atoms with Crippen LogP contribution in [0.4, 0.5) is 0 Å². The molecule has 1 amide bonds. The van der Waals surface area contributed by atoms with E-state index in [-0.39, 0.29) is 5.91 Å². The first-order valence-electron chi connectivity index (χ1n) is 5.89. The van der Waals surface area contributed by atoms with E-state index in [2.05, 4.69) is 25.2 Å². The second kappa shape index (κ2) is 10.2. The van der Waals surface area contributed by atoms with Crippen molar-refractivity contribution < 1.29 is 4.79 Å². The fourth-order valence-corrected chi connectivity index (χ4v) is 1.03. The molecule has 0 fully saturated rings. The summed E-state index contributed by atoms with van der Waals surface area (Å²) < 4.78 is 0. The van der Waals surface area contributed by atoms with E-state index in [9.17, 15) is 4.79 Å². The zero-order chi connectivity index (χ0) is 12.2. The van der Waals surface area contributed by atoms with Gasteiger partial charge in [0.2, 0.25) is 5.91 Å². The largest absolute Gasteiger partial charge is 0.352 e. The molecule has 0 unspecified atom stereocenters. The highest BCUT2D eigenvalue weighted by Gasteiger charge is 1.96. The van der Waals surface area contributed by atoms with Crippen LogP contribution in [0.1, 0.15) is 33.6 Å². The monoisotopic (exact) mass is 221 g/mol. The number of carbonyl (C=O) groups is 1. The molecule has 0 aliphatic carbocycles. The van der Waals surface area contributed by atoms with Crippen LogP contribution in [-0.4, -0.2) is 12.5 Å². The molecule has 2 heteroatoms. The van der Waals surface area contributed by atoms with Crippen LogP contribution in [-0.2, 0) is 4.79 Å². The van der Waals surface area contributed by atoms with Gasteiger partial charge in [-0.15, -0.1) is 0 Å². The molecule has 0 saturated carbocycles. The molecular formula is C14H23NO. The summed E-state index contributed by atoms with van der Waals surface area (Å²) in [5.41, 5.74) is 0. The van der Waals surface area contributed by atoms with Crippen molar-refractivity contribution in [1.29, 1.82) is 0 Å². The lowest BCUT2D eigenvalue weighted by molar-refractivity contribution is -0.116. The van der Waals surface area contributed by atoms with Gasteiger partial charge in [-0.2, -0.15) is 0 Å². The Kier molecular flexibility index (Phi) is 9.38. The van der Waals surface area contributed by atoms with Crippen molar-refractivity contribution in [2.75, 3.05) is 6.54 Å². The average molecular weight is 221 g/mol. The van der Waals surface area contributed by atoms with Gasteiger partial charge in [-0.1, -0.05) is 44.2 Å². The molecule has 0 spiro atoms. The Labute approximate surface area is 99.1 Å². The Hall–Kier alpha value is -1.31. The molecule has 0 rings (SSSR count). The minimum Gasteiger partial charge on any atom is -0.352 e. The zero-order valence-electron chi connectivity index (χ0n) is 10.6. The highest BCUT2D eigenvalue weighted by atomic mass is 16.1. The van der Waals surface area contributed by atoms with Gasteiger partial charge in [-0.25, -0.2) is 0 Å². The number of rotatable bonds is 7. The predicted molar refractivity (Wildman–Crippen MR) is 70.2 cm³/mol. The first-order chi connectivity index (χ1) is 7.66. The van der Waals surface area contributed by atoms with Crippen LogP contribution < -0.4 is 5.32 Å². The lowest BCUT2D eigenvalue weighted by Crippen LogP contribution is -2.25. The van der Waals surface area contributed by atoms with Gasteiger partial charge < -0.3 is 5.32 Å². The van der Waals surface area contributed by atoms with Gasteiger partial charge >= 0.3 is 0 Å². The van der Waals surface area contributed by atoms with Crippen molar-refractivity contribution in [2.24, 2.45) is 5.92 Å². The number of allylic oxidation sites excluding steroid dienone is 5. The first-order valence-corrected chi connectivity index (χ1v) is 5.89. The van der Waals surface area contributed by atoms with Gasteiger partial charge in [0.15, 0.2) is 0 Å². The molecule has 0 atom stereocenters. The summed E-state index contributed by atoms with van der Waals surface area (Å²) in [5.74, 6) is 0.507. The summed E-state index contributed by atoms with van der Waals surface area (Å²) in [6.07, 6.45) is 13.5. The minimum absolute atomic E-state index is 0.00568. The molecule has 16 heavy (non-hydrogen) atoms. The van der Waals surface area contributed by atoms with Crippen LogP contribution in [0.5, 0.6) is 0 Å². The first kappa shape index (κ1) is 14.7. The van der Waals surface area contributed by atoms with E-state index in [0.29, 0.717) is 5.92 Å². The lowest BCUT2D eigenvalue weighted by atomic mass is 10.2. The molecule has 90 valence electrons. The maximum Gasteiger partial charge on any atom is 0.243 e. The molecule has 0 saturated heterocycles. The lowest BCUT2D eigenvalue weighted by Gasteiger charge is -2.03. The fraction of sp³-hybridized carbons (Fsp3) is 0.500. The second-order valence-corrected chi connectivity index (χ2v) is 4.07. The summed E-state index contributed by atoms with van der Waals surface area (Å²) in [4.78, 5) is 11.3. The van der Waals surface area contributed by atoms with E-state index >= 15 is 0 Å². The van der Waals surface area contributed by atoms with Gasteiger partial charge in [0.05, 0.1) is 0 Å². The van der Waals surface area contributed by atoms with Gasteiger partial charge in [-0.05, 0) is 31.8 Å². The SMILES string of the molecule is CC=C/C=C/CCC=CC(=O)NCC(C)C. The van der Waals surface area contributed by atoms with Crippen molar-refractivity contribution in [2.45, 2.75) is 33.6 Å². The van der Waals surface area contributed by atoms with E-state index < -0.39 is 0 Å². The smallest absolute Gasteiger partial charge is 0.243 e. The van der Waals surface area contributed by atoms with E-state index in [1.54, 1.807) is 6.08 Å². The Morgan fingerprint density at radius 2 is 1.88 bits per heavy atom. The van der Waals surface area contributed by atoms with Crippen LogP contribution >= 0.6 is 0 Å². The highest BCUT2D eigenvalue weighted by molar-refractivity contribution is 5.87. The third kappa shape index (κ3) is 10.8. The summed E-state index contributed by atoms with van der Waals surface area (Å²) in [6, 6.07) is 0. The molecule has 0 aromatic heterocycles. The summed E-state index contributed by atoms with van der Waals surface area (Å²) >= 11 is 0. The molecule has 0 bridgehead atoms. The van der Waals surface area contributed by atoms with E-state index in [1.165, 1.54) is 0 Å². The van der Waals surface area contributed by atoms with Crippen molar-refractivity contribution in [3.8, 4) is 0 Å². The Morgan fingerprint density at radius 3 is 2.50 bits per heavy atom. The molecule has 0 aromatic carbocycles. The topological polar surface area (TPSA) is 29.1 Å². The maximum absolute atomic E-state index is 11.3. The molecule has 0 heterocycles. The maximum atomic E-state index is 11.3. The van der Waals surface area contributed by atoms with Crippen molar-refractivity contribution in [3.63, 3.8) is 0 Å². The van der Waals surface area contributed by atoms with Crippen LogP contribution in [0.15, 0.2) is 36.5 Å². The average Bonchev–Trinajstić information content (AvgIpc) is 2.25. The minimum atomic E-state index is 0.00568. The van der Waals surface area contributed by atoms with Gasteiger partial charge in [0.1, 0.15) is 0 Å². The van der Waals surface area contributed by atoms with Gasteiger partial charge in [0, 0.05) is 6.54 Å². The number of nitrogens with one attached hydrogen (secondary N) is 1. The van der Waals surface area contributed by atoms with Crippen LogP contribution in [0, 0.1) is 5.92 Å². The highest BCUT2D eigenvalue weighted by Crippen LogP contribution is 1.93. The molecule has 0 aliphatic rings. The Balaban J connectivity index is 3.56. The molecule has 0 aromatic rings. The molecule has 2 nitrogen and oxygen atoms in total. The summed E-state index contributed by atoms with van der Waals surface area (Å²) in [7, 11) is 0. The van der Waals surface area contributed by atoms with Crippen molar-refractivity contribution in [1.82, 2.24) is 5.32 Å². The van der Waals surface area contributed by atoms with Crippen LogP contribution in [0.25, 0.3) is 0 Å². The van der Waals surface area contributed by atoms with Gasteiger partial charge in [-0.3, -0.25) is 4.79 Å². The number of unbranched alkanes of at least 4 members (excludes halogenated alkanes) is 1. The van der Waals surface area contributed by atoms with Crippen LogP contribution in [0.2, 0.25) is 0 Å². The normalized spacial score (nSPS) is 12.2.